The molecule has 0 saturated heterocycles. The number of hydrogen-bond acceptors (Lipinski definition) is 2. The van der Waals surface area contributed by atoms with Crippen molar-refractivity contribution in [1.29, 1.82) is 0 Å². The van der Waals surface area contributed by atoms with Gasteiger partial charge in [0.25, 0.3) is 5.91 Å². The van der Waals surface area contributed by atoms with E-state index in [1.807, 2.05) is 69.3 Å². The van der Waals surface area contributed by atoms with Crippen LogP contribution in [0.3, 0.4) is 0 Å². The van der Waals surface area contributed by atoms with Gasteiger partial charge in [-0.15, -0.1) is 0 Å². The molecule has 0 bridgehead atoms. The number of anilines is 1. The molecule has 126 valence electrons. The van der Waals surface area contributed by atoms with Gasteiger partial charge in [-0.25, -0.2) is 0 Å². The van der Waals surface area contributed by atoms with Crippen LogP contribution in [-0.4, -0.2) is 11.0 Å². The number of hydrogen-bond donors (Lipinski definition) is 2. The van der Waals surface area contributed by atoms with E-state index in [4.69, 9.17) is 0 Å². The number of carbonyl (C=O) groups excluding carboxylic acids is 1. The number of aryl methyl sites for hydroxylation is 3. The quantitative estimate of drug-likeness (QED) is 0.690. The number of phenols is 1. The zero-order valence-electron chi connectivity index (χ0n) is 14.6. The van der Waals surface area contributed by atoms with E-state index < -0.39 is 0 Å². The van der Waals surface area contributed by atoms with Gasteiger partial charge in [0, 0.05) is 11.3 Å². The Balaban J connectivity index is 1.93. The monoisotopic (exact) mass is 331 g/mol. The maximum atomic E-state index is 12.8. The van der Waals surface area contributed by atoms with Gasteiger partial charge in [-0.1, -0.05) is 42.5 Å². The van der Waals surface area contributed by atoms with Crippen LogP contribution in [0.5, 0.6) is 5.75 Å². The van der Waals surface area contributed by atoms with Crippen LogP contribution in [0.15, 0.2) is 60.7 Å². The normalized spacial score (nSPS) is 10.5. The predicted molar refractivity (Wildman–Crippen MR) is 102 cm³/mol. The molecule has 0 saturated carbocycles. The first kappa shape index (κ1) is 16.8. The van der Waals surface area contributed by atoms with E-state index in [9.17, 15) is 9.90 Å². The molecule has 3 rings (SSSR count). The topological polar surface area (TPSA) is 49.3 Å². The Labute approximate surface area is 148 Å². The molecule has 1 amide bonds. The van der Waals surface area contributed by atoms with Gasteiger partial charge in [0.15, 0.2) is 0 Å². The highest BCUT2D eigenvalue weighted by Gasteiger charge is 2.15. The summed E-state index contributed by atoms with van der Waals surface area (Å²) in [4.78, 5) is 12.8. The van der Waals surface area contributed by atoms with Crippen molar-refractivity contribution < 1.29 is 9.90 Å². The summed E-state index contributed by atoms with van der Waals surface area (Å²) in [5.74, 6) is 0.146. The zero-order chi connectivity index (χ0) is 18.0. The third-order valence-corrected chi connectivity index (χ3v) is 4.35. The number of para-hydroxylation sites is 1. The summed E-state index contributed by atoms with van der Waals surface area (Å²) in [6.45, 7) is 5.87. The predicted octanol–water partition coefficient (Wildman–Crippen LogP) is 5.24. The second kappa shape index (κ2) is 6.81. The van der Waals surface area contributed by atoms with E-state index in [1.54, 1.807) is 12.1 Å². The van der Waals surface area contributed by atoms with Crippen molar-refractivity contribution in [3.8, 4) is 16.9 Å². The molecule has 0 aliphatic rings. The van der Waals surface area contributed by atoms with Gasteiger partial charge in [-0.3, -0.25) is 4.79 Å². The maximum Gasteiger partial charge on any atom is 0.256 e. The fourth-order valence-corrected chi connectivity index (χ4v) is 3.04. The first-order valence-corrected chi connectivity index (χ1v) is 8.23. The fourth-order valence-electron chi connectivity index (χ4n) is 3.04. The molecule has 0 fully saturated rings. The van der Waals surface area contributed by atoms with Gasteiger partial charge >= 0.3 is 0 Å². The van der Waals surface area contributed by atoms with E-state index in [0.717, 1.165) is 33.5 Å². The van der Waals surface area contributed by atoms with Crippen molar-refractivity contribution in [2.75, 3.05) is 5.32 Å². The summed E-state index contributed by atoms with van der Waals surface area (Å²) >= 11 is 0. The lowest BCUT2D eigenvalue weighted by atomic mass is 9.95. The van der Waals surface area contributed by atoms with Crippen molar-refractivity contribution in [2.24, 2.45) is 0 Å². The van der Waals surface area contributed by atoms with Crippen LogP contribution < -0.4 is 5.32 Å². The third kappa shape index (κ3) is 3.56. The van der Waals surface area contributed by atoms with E-state index in [2.05, 4.69) is 5.32 Å². The summed E-state index contributed by atoms with van der Waals surface area (Å²) in [5, 5.41) is 12.4. The van der Waals surface area contributed by atoms with E-state index in [0.29, 0.717) is 5.56 Å². The Morgan fingerprint density at radius 1 is 0.800 bits per heavy atom. The minimum Gasteiger partial charge on any atom is -0.508 e. The van der Waals surface area contributed by atoms with Gasteiger partial charge in [0.2, 0.25) is 0 Å². The van der Waals surface area contributed by atoms with Crippen molar-refractivity contribution in [3.05, 3.63) is 82.9 Å². The lowest BCUT2D eigenvalue weighted by molar-refractivity contribution is 0.102. The molecule has 0 spiro atoms. The summed E-state index contributed by atoms with van der Waals surface area (Å²) < 4.78 is 0. The van der Waals surface area contributed by atoms with Crippen molar-refractivity contribution in [2.45, 2.75) is 20.8 Å². The molecule has 0 heterocycles. The highest BCUT2D eigenvalue weighted by molar-refractivity contribution is 6.07. The first-order chi connectivity index (χ1) is 12.0. The highest BCUT2D eigenvalue weighted by atomic mass is 16.3. The third-order valence-electron chi connectivity index (χ3n) is 4.35. The molecule has 0 radical (unpaired) electrons. The van der Waals surface area contributed by atoms with Gasteiger partial charge in [0.05, 0.1) is 0 Å². The Morgan fingerprint density at radius 3 is 2.00 bits per heavy atom. The molecule has 3 nitrogen and oxygen atoms in total. The fraction of sp³-hybridized carbons (Fsp3) is 0.136. The molecular formula is C22H21NO2. The molecule has 3 aromatic rings. The minimum absolute atomic E-state index is 0.0958. The zero-order valence-corrected chi connectivity index (χ0v) is 14.6. The summed E-state index contributed by atoms with van der Waals surface area (Å²) in [5.41, 5.74) is 6.45. The summed E-state index contributed by atoms with van der Waals surface area (Å²) in [6, 6.07) is 18.8. The molecule has 0 atom stereocenters. The van der Waals surface area contributed by atoms with Crippen molar-refractivity contribution in [1.82, 2.24) is 0 Å². The van der Waals surface area contributed by atoms with Crippen LogP contribution >= 0.6 is 0 Å². The molecule has 0 unspecified atom stereocenters. The average Bonchev–Trinajstić information content (AvgIpc) is 2.57. The largest absolute Gasteiger partial charge is 0.508 e. The second-order valence-electron chi connectivity index (χ2n) is 6.30. The smallest absolute Gasteiger partial charge is 0.256 e. The van der Waals surface area contributed by atoms with E-state index in [1.165, 1.54) is 0 Å². The number of aromatic hydroxyl groups is 1. The standard InChI is InChI=1S/C22H21NO2/c1-14-6-4-5-7-20(14)23-22(25)21-15(2)12-18(13-16(21)3)17-8-10-19(24)11-9-17/h4-13,24H,1-3H3,(H,23,25). The van der Waals surface area contributed by atoms with Gasteiger partial charge in [-0.2, -0.15) is 0 Å². The number of amides is 1. The Hall–Kier alpha value is -3.07. The molecule has 0 aromatic heterocycles. The highest BCUT2D eigenvalue weighted by Crippen LogP contribution is 2.27. The summed E-state index contributed by atoms with van der Waals surface area (Å²) in [6.07, 6.45) is 0. The van der Waals surface area contributed by atoms with Crippen molar-refractivity contribution >= 4 is 11.6 Å². The van der Waals surface area contributed by atoms with Crippen LogP contribution in [0.1, 0.15) is 27.0 Å². The molecule has 3 aromatic carbocycles. The molecule has 0 aliphatic carbocycles. The number of carbonyl (C=O) groups is 1. The number of benzene rings is 3. The van der Waals surface area contributed by atoms with Crippen LogP contribution in [0.2, 0.25) is 0 Å². The SMILES string of the molecule is Cc1ccccc1NC(=O)c1c(C)cc(-c2ccc(O)cc2)cc1C. The molecule has 25 heavy (non-hydrogen) atoms. The lowest BCUT2D eigenvalue weighted by Gasteiger charge is -2.14. The molecular weight excluding hydrogens is 310 g/mol. The average molecular weight is 331 g/mol. The van der Waals surface area contributed by atoms with Crippen LogP contribution in [-0.2, 0) is 0 Å². The number of rotatable bonds is 3. The Morgan fingerprint density at radius 2 is 1.40 bits per heavy atom. The molecule has 0 aliphatic heterocycles. The Kier molecular flexibility index (Phi) is 4.57. The molecule has 3 heteroatoms. The van der Waals surface area contributed by atoms with Crippen molar-refractivity contribution in [3.63, 3.8) is 0 Å². The lowest BCUT2D eigenvalue weighted by Crippen LogP contribution is -2.15. The summed E-state index contributed by atoms with van der Waals surface area (Å²) in [7, 11) is 0. The number of phenolic OH excluding ortho intramolecular Hbond substituents is 1. The van der Waals surface area contributed by atoms with Crippen LogP contribution in [0.25, 0.3) is 11.1 Å². The minimum atomic E-state index is -0.0958. The number of nitrogens with one attached hydrogen (secondary N) is 1. The van der Waals surface area contributed by atoms with Gasteiger partial charge in [0.1, 0.15) is 5.75 Å². The first-order valence-electron chi connectivity index (χ1n) is 8.23. The Bertz CT molecular complexity index is 904. The van der Waals surface area contributed by atoms with Crippen LogP contribution in [0.4, 0.5) is 5.69 Å². The maximum absolute atomic E-state index is 12.8. The second-order valence-corrected chi connectivity index (χ2v) is 6.30. The molecule has 2 N–H and O–H groups in total. The van der Waals surface area contributed by atoms with Crippen LogP contribution in [0, 0.1) is 20.8 Å². The van der Waals surface area contributed by atoms with E-state index >= 15 is 0 Å². The van der Waals surface area contributed by atoms with Gasteiger partial charge in [-0.05, 0) is 66.8 Å². The van der Waals surface area contributed by atoms with Gasteiger partial charge < -0.3 is 10.4 Å². The van der Waals surface area contributed by atoms with E-state index in [-0.39, 0.29) is 11.7 Å².